The second-order valence-electron chi connectivity index (χ2n) is 3.44. The molecule has 0 bridgehead atoms. The standard InChI is InChI=1S/C11H15ClFNO/c1-2-9(15)7-14-6-8-3-4-11(13)10(12)5-8/h3-5,9,14-15H,2,6-7H2,1H3. The number of nitrogens with one attached hydrogen (secondary N) is 1. The van der Waals surface area contributed by atoms with Gasteiger partial charge in [-0.15, -0.1) is 0 Å². The molecule has 0 aromatic heterocycles. The first-order valence-electron chi connectivity index (χ1n) is 4.96. The summed E-state index contributed by atoms with van der Waals surface area (Å²) in [5, 5.41) is 12.5. The van der Waals surface area contributed by atoms with Gasteiger partial charge in [0, 0.05) is 13.1 Å². The highest BCUT2D eigenvalue weighted by molar-refractivity contribution is 6.30. The normalized spacial score (nSPS) is 12.8. The third-order valence-corrected chi connectivity index (χ3v) is 2.45. The summed E-state index contributed by atoms with van der Waals surface area (Å²) < 4.78 is 12.8. The molecule has 0 aliphatic heterocycles. The van der Waals surface area contributed by atoms with Gasteiger partial charge in [0.05, 0.1) is 11.1 Å². The van der Waals surface area contributed by atoms with Crippen molar-refractivity contribution in [3.8, 4) is 0 Å². The maximum absolute atomic E-state index is 12.8. The van der Waals surface area contributed by atoms with Crippen LogP contribution in [-0.4, -0.2) is 17.8 Å². The van der Waals surface area contributed by atoms with E-state index < -0.39 is 5.82 Å². The molecule has 0 aliphatic rings. The molecule has 0 aliphatic carbocycles. The Bertz CT molecular complexity index is 319. The quantitative estimate of drug-likeness (QED) is 0.815. The molecular weight excluding hydrogens is 217 g/mol. The van der Waals surface area contributed by atoms with Gasteiger partial charge in [0.2, 0.25) is 0 Å². The monoisotopic (exact) mass is 231 g/mol. The highest BCUT2D eigenvalue weighted by Crippen LogP contribution is 2.15. The van der Waals surface area contributed by atoms with E-state index in [4.69, 9.17) is 11.6 Å². The molecule has 0 spiro atoms. The van der Waals surface area contributed by atoms with E-state index in [2.05, 4.69) is 5.32 Å². The number of halogens is 2. The first-order chi connectivity index (χ1) is 7.13. The lowest BCUT2D eigenvalue weighted by atomic mass is 10.2. The van der Waals surface area contributed by atoms with Crippen LogP contribution >= 0.6 is 11.6 Å². The molecule has 2 nitrogen and oxygen atoms in total. The maximum Gasteiger partial charge on any atom is 0.141 e. The predicted molar refractivity (Wildman–Crippen MR) is 59.4 cm³/mol. The lowest BCUT2D eigenvalue weighted by Gasteiger charge is -2.09. The molecule has 1 atom stereocenters. The number of aliphatic hydroxyl groups excluding tert-OH is 1. The van der Waals surface area contributed by atoms with Crippen LogP contribution in [-0.2, 0) is 6.54 Å². The summed E-state index contributed by atoms with van der Waals surface area (Å²) in [6.07, 6.45) is 0.387. The van der Waals surface area contributed by atoms with E-state index in [0.29, 0.717) is 13.1 Å². The van der Waals surface area contributed by atoms with Crippen LogP contribution in [0.5, 0.6) is 0 Å². The molecule has 0 saturated carbocycles. The highest BCUT2D eigenvalue weighted by Gasteiger charge is 2.02. The van der Waals surface area contributed by atoms with Crippen molar-refractivity contribution >= 4 is 11.6 Å². The van der Waals surface area contributed by atoms with E-state index >= 15 is 0 Å². The van der Waals surface area contributed by atoms with Gasteiger partial charge in [0.15, 0.2) is 0 Å². The van der Waals surface area contributed by atoms with Gasteiger partial charge in [0.1, 0.15) is 5.82 Å². The average Bonchev–Trinajstić information content (AvgIpc) is 2.23. The van der Waals surface area contributed by atoms with E-state index in [9.17, 15) is 9.50 Å². The van der Waals surface area contributed by atoms with Gasteiger partial charge in [-0.3, -0.25) is 0 Å². The number of rotatable bonds is 5. The van der Waals surface area contributed by atoms with Crippen LogP contribution in [0, 0.1) is 5.82 Å². The molecule has 0 saturated heterocycles. The average molecular weight is 232 g/mol. The summed E-state index contributed by atoms with van der Waals surface area (Å²) in [4.78, 5) is 0. The Kier molecular flexibility index (Phi) is 5.02. The number of aliphatic hydroxyl groups is 1. The lowest BCUT2D eigenvalue weighted by molar-refractivity contribution is 0.167. The van der Waals surface area contributed by atoms with Gasteiger partial charge in [0.25, 0.3) is 0 Å². The number of benzene rings is 1. The van der Waals surface area contributed by atoms with Gasteiger partial charge in [-0.25, -0.2) is 4.39 Å². The van der Waals surface area contributed by atoms with Crippen LogP contribution in [0.2, 0.25) is 5.02 Å². The third kappa shape index (κ3) is 4.16. The summed E-state index contributed by atoms with van der Waals surface area (Å²) in [7, 11) is 0. The van der Waals surface area contributed by atoms with E-state index in [-0.39, 0.29) is 11.1 Å². The van der Waals surface area contributed by atoms with Crippen LogP contribution in [0.15, 0.2) is 18.2 Å². The Balaban J connectivity index is 2.41. The second-order valence-corrected chi connectivity index (χ2v) is 3.85. The van der Waals surface area contributed by atoms with Gasteiger partial charge < -0.3 is 10.4 Å². The zero-order chi connectivity index (χ0) is 11.3. The molecule has 2 N–H and O–H groups in total. The molecule has 1 rings (SSSR count). The molecule has 0 heterocycles. The minimum absolute atomic E-state index is 0.130. The summed E-state index contributed by atoms with van der Waals surface area (Å²) in [5.41, 5.74) is 0.907. The van der Waals surface area contributed by atoms with Crippen molar-refractivity contribution in [1.29, 1.82) is 0 Å². The Morgan fingerprint density at radius 2 is 2.27 bits per heavy atom. The molecule has 84 valence electrons. The van der Waals surface area contributed by atoms with E-state index in [1.165, 1.54) is 6.07 Å². The Morgan fingerprint density at radius 3 is 2.87 bits per heavy atom. The predicted octanol–water partition coefficient (Wildman–Crippen LogP) is 2.34. The van der Waals surface area contributed by atoms with E-state index in [1.807, 2.05) is 6.92 Å². The Labute approximate surface area is 94.1 Å². The van der Waals surface area contributed by atoms with Crippen LogP contribution in [0.4, 0.5) is 4.39 Å². The summed E-state index contributed by atoms with van der Waals surface area (Å²) in [6.45, 7) is 3.03. The first kappa shape index (κ1) is 12.4. The van der Waals surface area contributed by atoms with Crippen molar-refractivity contribution in [2.45, 2.75) is 26.0 Å². The largest absolute Gasteiger partial charge is 0.392 e. The topological polar surface area (TPSA) is 32.3 Å². The van der Waals surface area contributed by atoms with Gasteiger partial charge >= 0.3 is 0 Å². The van der Waals surface area contributed by atoms with Crippen LogP contribution in [0.25, 0.3) is 0 Å². The highest BCUT2D eigenvalue weighted by atomic mass is 35.5. The van der Waals surface area contributed by atoms with Crippen molar-refractivity contribution in [1.82, 2.24) is 5.32 Å². The van der Waals surface area contributed by atoms with Crippen molar-refractivity contribution < 1.29 is 9.50 Å². The van der Waals surface area contributed by atoms with Crippen molar-refractivity contribution in [2.24, 2.45) is 0 Å². The summed E-state index contributed by atoms with van der Waals surface area (Å²) >= 11 is 5.63. The molecule has 0 amide bonds. The fourth-order valence-electron chi connectivity index (χ4n) is 1.18. The van der Waals surface area contributed by atoms with Crippen LogP contribution < -0.4 is 5.32 Å². The zero-order valence-electron chi connectivity index (χ0n) is 8.63. The Hall–Kier alpha value is -0.640. The fourth-order valence-corrected chi connectivity index (χ4v) is 1.38. The Morgan fingerprint density at radius 1 is 1.53 bits per heavy atom. The minimum Gasteiger partial charge on any atom is -0.392 e. The molecular formula is C11H15ClFNO. The molecule has 1 unspecified atom stereocenters. The maximum atomic E-state index is 12.8. The molecule has 15 heavy (non-hydrogen) atoms. The molecule has 1 aromatic carbocycles. The fraction of sp³-hybridized carbons (Fsp3) is 0.455. The van der Waals surface area contributed by atoms with Gasteiger partial charge in [-0.1, -0.05) is 24.6 Å². The van der Waals surface area contributed by atoms with Gasteiger partial charge in [-0.2, -0.15) is 0 Å². The van der Waals surface area contributed by atoms with Crippen molar-refractivity contribution in [3.05, 3.63) is 34.6 Å². The molecule has 4 heteroatoms. The zero-order valence-corrected chi connectivity index (χ0v) is 9.39. The minimum atomic E-state index is -0.408. The molecule has 0 fully saturated rings. The number of hydrogen-bond acceptors (Lipinski definition) is 2. The SMILES string of the molecule is CCC(O)CNCc1ccc(F)c(Cl)c1. The van der Waals surface area contributed by atoms with E-state index in [1.54, 1.807) is 12.1 Å². The lowest BCUT2D eigenvalue weighted by Crippen LogP contribution is -2.25. The van der Waals surface area contributed by atoms with Crippen LogP contribution in [0.3, 0.4) is 0 Å². The first-order valence-corrected chi connectivity index (χ1v) is 5.34. The van der Waals surface area contributed by atoms with Crippen molar-refractivity contribution in [3.63, 3.8) is 0 Å². The smallest absolute Gasteiger partial charge is 0.141 e. The summed E-state index contributed by atoms with van der Waals surface area (Å²) in [6, 6.07) is 4.60. The molecule has 1 aromatic rings. The second kappa shape index (κ2) is 6.05. The molecule has 0 radical (unpaired) electrons. The van der Waals surface area contributed by atoms with Crippen molar-refractivity contribution in [2.75, 3.05) is 6.54 Å². The van der Waals surface area contributed by atoms with Gasteiger partial charge in [-0.05, 0) is 24.1 Å². The van der Waals surface area contributed by atoms with Crippen LogP contribution in [0.1, 0.15) is 18.9 Å². The number of hydrogen-bond donors (Lipinski definition) is 2. The third-order valence-electron chi connectivity index (χ3n) is 2.16. The van der Waals surface area contributed by atoms with E-state index in [0.717, 1.165) is 12.0 Å². The summed E-state index contributed by atoms with van der Waals surface area (Å²) in [5.74, 6) is -0.408.